The van der Waals surface area contributed by atoms with E-state index in [1.807, 2.05) is 30.3 Å². The van der Waals surface area contributed by atoms with E-state index in [1.54, 1.807) is 0 Å². The lowest BCUT2D eigenvalue weighted by atomic mass is 9.85. The summed E-state index contributed by atoms with van der Waals surface area (Å²) in [7, 11) is 0. The number of anilines is 1. The molecule has 128 valence electrons. The summed E-state index contributed by atoms with van der Waals surface area (Å²) in [6.07, 6.45) is 5.35. The van der Waals surface area contributed by atoms with E-state index in [0.29, 0.717) is 12.3 Å². The Morgan fingerprint density at radius 1 is 1.32 bits per heavy atom. The summed E-state index contributed by atoms with van der Waals surface area (Å²) in [4.78, 5) is 17.1. The number of H-pyrrole nitrogens is 1. The smallest absolute Gasteiger partial charge is 0.252 e. The van der Waals surface area contributed by atoms with Crippen LogP contribution >= 0.6 is 0 Å². The van der Waals surface area contributed by atoms with Gasteiger partial charge >= 0.3 is 0 Å². The van der Waals surface area contributed by atoms with Gasteiger partial charge in [-0.3, -0.25) is 15.2 Å². The Hall–Kier alpha value is -3.10. The Balaban J connectivity index is 1.50. The van der Waals surface area contributed by atoms with Gasteiger partial charge in [0.15, 0.2) is 0 Å². The van der Waals surface area contributed by atoms with Gasteiger partial charge in [-0.05, 0) is 28.8 Å². The van der Waals surface area contributed by atoms with Crippen molar-refractivity contribution >= 4 is 11.9 Å². The predicted molar refractivity (Wildman–Crippen MR) is 88.6 cm³/mol. The minimum absolute atomic E-state index is 0.254. The molecule has 1 unspecified atom stereocenters. The fourth-order valence-corrected chi connectivity index (χ4v) is 2.84. The number of nitrogens with one attached hydrogen (secondary N) is 2. The summed E-state index contributed by atoms with van der Waals surface area (Å²) in [6, 6.07) is 9.15. The van der Waals surface area contributed by atoms with Crippen LogP contribution in [-0.4, -0.2) is 41.3 Å². The number of amides is 1. The predicted octanol–water partition coefficient (Wildman–Crippen LogP) is 1.48. The van der Waals surface area contributed by atoms with Crippen molar-refractivity contribution in [1.82, 2.24) is 35.4 Å². The van der Waals surface area contributed by atoms with E-state index < -0.39 is 6.04 Å². The maximum Gasteiger partial charge on any atom is 0.252 e. The van der Waals surface area contributed by atoms with Crippen molar-refractivity contribution in [2.24, 2.45) is 0 Å². The Kier molecular flexibility index (Phi) is 4.19. The SMILES string of the molecule is O=C(Nc1n[nH]c(C2CCC2)n1)C(Cc1ccccc1)n1cnnn1. The number of aromatic amines is 1. The van der Waals surface area contributed by atoms with Crippen molar-refractivity contribution in [3.63, 3.8) is 0 Å². The molecule has 0 saturated heterocycles. The quantitative estimate of drug-likeness (QED) is 0.703. The molecule has 2 N–H and O–H groups in total. The maximum absolute atomic E-state index is 12.8. The third-order valence-corrected chi connectivity index (χ3v) is 4.49. The average molecular weight is 338 g/mol. The first-order valence-corrected chi connectivity index (χ1v) is 8.29. The minimum atomic E-state index is -0.581. The number of benzene rings is 1. The van der Waals surface area contributed by atoms with E-state index in [4.69, 9.17) is 0 Å². The first kappa shape index (κ1) is 15.4. The molecule has 4 rings (SSSR count). The van der Waals surface area contributed by atoms with Gasteiger partial charge in [0.2, 0.25) is 5.95 Å². The highest BCUT2D eigenvalue weighted by Gasteiger charge is 2.26. The zero-order valence-electron chi connectivity index (χ0n) is 13.5. The molecule has 2 heterocycles. The average Bonchev–Trinajstić information content (AvgIpc) is 3.24. The van der Waals surface area contributed by atoms with Crippen LogP contribution in [0, 0.1) is 0 Å². The molecule has 9 heteroatoms. The summed E-state index contributed by atoms with van der Waals surface area (Å²) in [5.74, 6) is 1.30. The molecule has 9 nitrogen and oxygen atoms in total. The van der Waals surface area contributed by atoms with E-state index in [2.05, 4.69) is 36.0 Å². The number of aromatic nitrogens is 7. The van der Waals surface area contributed by atoms with Crippen molar-refractivity contribution in [3.05, 3.63) is 48.0 Å². The van der Waals surface area contributed by atoms with Crippen molar-refractivity contribution in [1.29, 1.82) is 0 Å². The lowest BCUT2D eigenvalue weighted by molar-refractivity contribution is -0.119. The Morgan fingerprint density at radius 3 is 2.84 bits per heavy atom. The van der Waals surface area contributed by atoms with Crippen LogP contribution < -0.4 is 5.32 Å². The molecule has 1 aliphatic carbocycles. The van der Waals surface area contributed by atoms with Crippen LogP contribution in [0.2, 0.25) is 0 Å². The molecule has 25 heavy (non-hydrogen) atoms. The number of hydrogen-bond acceptors (Lipinski definition) is 6. The third kappa shape index (κ3) is 3.39. The van der Waals surface area contributed by atoms with E-state index in [0.717, 1.165) is 24.2 Å². The monoisotopic (exact) mass is 338 g/mol. The van der Waals surface area contributed by atoms with Crippen LogP contribution in [0.25, 0.3) is 0 Å². The van der Waals surface area contributed by atoms with Gasteiger partial charge in [0.05, 0.1) is 0 Å². The van der Waals surface area contributed by atoms with E-state index in [9.17, 15) is 4.79 Å². The van der Waals surface area contributed by atoms with Gasteiger partial charge in [-0.2, -0.15) is 4.98 Å². The summed E-state index contributed by atoms with van der Waals surface area (Å²) >= 11 is 0. The van der Waals surface area contributed by atoms with Crippen LogP contribution in [0.15, 0.2) is 36.7 Å². The fraction of sp³-hybridized carbons (Fsp3) is 0.375. The summed E-state index contributed by atoms with van der Waals surface area (Å²) in [5.41, 5.74) is 1.02. The normalized spacial score (nSPS) is 15.5. The molecule has 1 fully saturated rings. The number of hydrogen-bond donors (Lipinski definition) is 2. The standard InChI is InChI=1S/C16H18N8O/c25-15(19-16-18-14(20-21-16)12-7-4-8-12)13(24-10-17-22-23-24)9-11-5-2-1-3-6-11/h1-3,5-6,10,12-13H,4,7-9H2,(H2,18,19,20,21,25). The number of carbonyl (C=O) groups excluding carboxylic acids is 1. The molecule has 1 saturated carbocycles. The molecule has 3 aromatic rings. The maximum atomic E-state index is 12.8. The van der Waals surface area contributed by atoms with E-state index in [-0.39, 0.29) is 11.9 Å². The fourth-order valence-electron chi connectivity index (χ4n) is 2.84. The van der Waals surface area contributed by atoms with Crippen LogP contribution in [0.3, 0.4) is 0 Å². The van der Waals surface area contributed by atoms with Crippen molar-refractivity contribution in [2.75, 3.05) is 5.32 Å². The lowest BCUT2D eigenvalue weighted by Crippen LogP contribution is -2.29. The molecule has 0 spiro atoms. The lowest BCUT2D eigenvalue weighted by Gasteiger charge is -2.22. The van der Waals surface area contributed by atoms with Gasteiger partial charge < -0.3 is 0 Å². The highest BCUT2D eigenvalue weighted by Crippen LogP contribution is 2.34. The van der Waals surface area contributed by atoms with E-state index in [1.165, 1.54) is 17.4 Å². The van der Waals surface area contributed by atoms with Gasteiger partial charge in [0, 0.05) is 12.3 Å². The van der Waals surface area contributed by atoms with Crippen LogP contribution in [-0.2, 0) is 11.2 Å². The number of carbonyl (C=O) groups is 1. The molecule has 1 atom stereocenters. The molecular weight excluding hydrogens is 320 g/mol. The Labute approximate surface area is 143 Å². The minimum Gasteiger partial charge on any atom is -0.291 e. The van der Waals surface area contributed by atoms with Gasteiger partial charge in [-0.25, -0.2) is 4.68 Å². The first-order chi connectivity index (χ1) is 12.3. The summed E-state index contributed by atoms with van der Waals surface area (Å²) < 4.78 is 1.45. The largest absolute Gasteiger partial charge is 0.291 e. The van der Waals surface area contributed by atoms with Gasteiger partial charge in [0.1, 0.15) is 18.2 Å². The third-order valence-electron chi connectivity index (χ3n) is 4.49. The van der Waals surface area contributed by atoms with Crippen LogP contribution in [0.1, 0.15) is 42.6 Å². The number of rotatable bonds is 6. The zero-order valence-corrected chi connectivity index (χ0v) is 13.5. The van der Waals surface area contributed by atoms with Gasteiger partial charge in [-0.15, -0.1) is 10.2 Å². The first-order valence-electron chi connectivity index (χ1n) is 8.29. The molecule has 1 aromatic carbocycles. The molecule has 2 aromatic heterocycles. The number of tetrazole rings is 1. The van der Waals surface area contributed by atoms with Gasteiger partial charge in [0.25, 0.3) is 5.91 Å². The molecular formula is C16H18N8O. The Morgan fingerprint density at radius 2 is 2.16 bits per heavy atom. The topological polar surface area (TPSA) is 114 Å². The molecule has 1 aliphatic rings. The Bertz CT molecular complexity index is 825. The van der Waals surface area contributed by atoms with E-state index >= 15 is 0 Å². The summed E-state index contributed by atoms with van der Waals surface area (Å²) in [5, 5.41) is 20.9. The zero-order chi connectivity index (χ0) is 17.1. The second kappa shape index (κ2) is 6.80. The second-order valence-electron chi connectivity index (χ2n) is 6.16. The van der Waals surface area contributed by atoms with Crippen molar-refractivity contribution < 1.29 is 4.79 Å². The van der Waals surface area contributed by atoms with Crippen LogP contribution in [0.5, 0.6) is 0 Å². The molecule has 1 amide bonds. The molecule has 0 bridgehead atoms. The summed E-state index contributed by atoms with van der Waals surface area (Å²) in [6.45, 7) is 0. The van der Waals surface area contributed by atoms with Crippen molar-refractivity contribution in [3.8, 4) is 0 Å². The highest BCUT2D eigenvalue weighted by atomic mass is 16.2. The molecule has 0 aliphatic heterocycles. The van der Waals surface area contributed by atoms with Crippen LogP contribution in [0.4, 0.5) is 5.95 Å². The van der Waals surface area contributed by atoms with Gasteiger partial charge in [-0.1, -0.05) is 36.8 Å². The number of nitrogens with zero attached hydrogens (tertiary/aromatic N) is 6. The van der Waals surface area contributed by atoms with Crippen molar-refractivity contribution in [2.45, 2.75) is 37.6 Å². The highest BCUT2D eigenvalue weighted by molar-refractivity contribution is 5.92. The second-order valence-corrected chi connectivity index (χ2v) is 6.16. The molecule has 0 radical (unpaired) electrons.